The Bertz CT molecular complexity index is 972. The monoisotopic (exact) mass is 375 g/mol. The molecule has 0 unspecified atom stereocenters. The highest BCUT2D eigenvalue weighted by molar-refractivity contribution is 6.02. The van der Waals surface area contributed by atoms with Gasteiger partial charge < -0.3 is 10.5 Å². The van der Waals surface area contributed by atoms with Crippen molar-refractivity contribution >= 4 is 22.5 Å². The number of methoxy groups -OCH3 is 1. The second-order valence-electron chi connectivity index (χ2n) is 5.84. The number of primary amides is 1. The van der Waals surface area contributed by atoms with Crippen LogP contribution < -0.4 is 15.4 Å². The van der Waals surface area contributed by atoms with Gasteiger partial charge in [0.15, 0.2) is 0 Å². The van der Waals surface area contributed by atoms with Crippen LogP contribution in [0, 0.1) is 0 Å². The van der Waals surface area contributed by atoms with Gasteiger partial charge in [0.25, 0.3) is 0 Å². The summed E-state index contributed by atoms with van der Waals surface area (Å²) in [7, 11) is 1.50. The summed E-state index contributed by atoms with van der Waals surface area (Å²) >= 11 is 0. The smallest absolute Gasteiger partial charge is 0.416 e. The van der Waals surface area contributed by atoms with Gasteiger partial charge in [-0.1, -0.05) is 24.3 Å². The fourth-order valence-corrected chi connectivity index (χ4v) is 2.75. The minimum absolute atomic E-state index is 0.0264. The first-order chi connectivity index (χ1) is 12.8. The van der Waals surface area contributed by atoms with Gasteiger partial charge in [-0.25, -0.2) is 9.78 Å². The molecule has 27 heavy (non-hydrogen) atoms. The molecule has 8 heteroatoms. The van der Waals surface area contributed by atoms with Crippen molar-refractivity contribution in [2.45, 2.75) is 12.7 Å². The van der Waals surface area contributed by atoms with Crippen LogP contribution in [0.25, 0.3) is 10.8 Å². The number of nitrogens with zero attached hydrogens (tertiary/aromatic N) is 2. The standard InChI is InChI=1S/C19H16F3N3O2/c1-27-17-9-13-3-2-4-16(15(13)10-24-17)25(18(23)26)11-12-5-7-14(8-6-12)19(20,21)22/h2-10H,11H2,1H3,(H2,23,26). The van der Waals surface area contributed by atoms with Crippen LogP contribution in [-0.2, 0) is 12.7 Å². The van der Waals surface area contributed by atoms with E-state index in [1.54, 1.807) is 24.4 Å². The Labute approximate surface area is 153 Å². The number of urea groups is 1. The number of halogens is 3. The van der Waals surface area contributed by atoms with Gasteiger partial charge in [-0.2, -0.15) is 13.2 Å². The molecule has 5 nitrogen and oxygen atoms in total. The van der Waals surface area contributed by atoms with Gasteiger partial charge in [-0.3, -0.25) is 4.90 Å². The molecule has 0 saturated heterocycles. The highest BCUT2D eigenvalue weighted by Gasteiger charge is 2.30. The molecule has 3 rings (SSSR count). The zero-order valence-electron chi connectivity index (χ0n) is 14.3. The summed E-state index contributed by atoms with van der Waals surface area (Å²) in [5, 5.41) is 1.46. The third kappa shape index (κ3) is 3.94. The molecule has 3 aromatic rings. The average Bonchev–Trinajstić information content (AvgIpc) is 2.64. The van der Waals surface area contributed by atoms with Crippen molar-refractivity contribution in [2.24, 2.45) is 5.73 Å². The maximum absolute atomic E-state index is 12.7. The highest BCUT2D eigenvalue weighted by Crippen LogP contribution is 2.31. The number of benzene rings is 2. The molecule has 1 heterocycles. The number of hydrogen-bond acceptors (Lipinski definition) is 3. The first kappa shape index (κ1) is 18.5. The molecule has 0 saturated carbocycles. The predicted molar refractivity (Wildman–Crippen MR) is 95.5 cm³/mol. The SMILES string of the molecule is COc1cc2cccc(N(Cc3ccc(C(F)(F)F)cc3)C(N)=O)c2cn1. The molecule has 0 aliphatic rings. The number of anilines is 1. The van der Waals surface area contributed by atoms with E-state index in [-0.39, 0.29) is 6.54 Å². The van der Waals surface area contributed by atoms with E-state index < -0.39 is 17.8 Å². The van der Waals surface area contributed by atoms with Crippen LogP contribution in [-0.4, -0.2) is 18.1 Å². The van der Waals surface area contributed by atoms with Crippen molar-refractivity contribution in [2.75, 3.05) is 12.0 Å². The Hall–Kier alpha value is -3.29. The molecule has 0 fully saturated rings. The van der Waals surface area contributed by atoms with E-state index in [0.717, 1.165) is 17.5 Å². The van der Waals surface area contributed by atoms with Crippen molar-refractivity contribution < 1.29 is 22.7 Å². The molecule has 140 valence electrons. The van der Waals surface area contributed by atoms with E-state index in [0.29, 0.717) is 22.5 Å². The molecule has 0 radical (unpaired) electrons. The number of carbonyl (C=O) groups is 1. The molecule has 0 atom stereocenters. The zero-order valence-corrected chi connectivity index (χ0v) is 14.3. The maximum Gasteiger partial charge on any atom is 0.416 e. The number of alkyl halides is 3. The Morgan fingerprint density at radius 1 is 1.19 bits per heavy atom. The number of fused-ring (bicyclic) bond motifs is 1. The number of carbonyl (C=O) groups excluding carboxylic acids is 1. The Morgan fingerprint density at radius 3 is 2.48 bits per heavy atom. The van der Waals surface area contributed by atoms with Gasteiger partial charge >= 0.3 is 12.2 Å². The normalized spacial score (nSPS) is 11.4. The van der Waals surface area contributed by atoms with E-state index in [2.05, 4.69) is 4.98 Å². The van der Waals surface area contributed by atoms with E-state index in [1.807, 2.05) is 6.07 Å². The molecule has 2 N–H and O–H groups in total. The summed E-state index contributed by atoms with van der Waals surface area (Å²) in [5.41, 5.74) is 5.80. The van der Waals surface area contributed by atoms with Crippen molar-refractivity contribution in [3.8, 4) is 5.88 Å². The molecule has 0 spiro atoms. The number of pyridine rings is 1. The van der Waals surface area contributed by atoms with Crippen molar-refractivity contribution in [1.82, 2.24) is 4.98 Å². The van der Waals surface area contributed by atoms with Crippen LogP contribution in [0.3, 0.4) is 0 Å². The highest BCUT2D eigenvalue weighted by atomic mass is 19.4. The van der Waals surface area contributed by atoms with Crippen LogP contribution >= 0.6 is 0 Å². The van der Waals surface area contributed by atoms with E-state index in [4.69, 9.17) is 10.5 Å². The van der Waals surface area contributed by atoms with Crippen LogP contribution in [0.5, 0.6) is 5.88 Å². The summed E-state index contributed by atoms with van der Waals surface area (Å²) in [6, 6.07) is 10.9. The van der Waals surface area contributed by atoms with Gasteiger partial charge in [0.1, 0.15) is 0 Å². The summed E-state index contributed by atoms with van der Waals surface area (Å²) in [6.07, 6.45) is -2.85. The van der Waals surface area contributed by atoms with E-state index in [1.165, 1.54) is 24.1 Å². The van der Waals surface area contributed by atoms with Gasteiger partial charge in [0.05, 0.1) is 24.9 Å². The minimum Gasteiger partial charge on any atom is -0.481 e. The first-order valence-corrected chi connectivity index (χ1v) is 7.95. The van der Waals surface area contributed by atoms with Crippen molar-refractivity contribution in [1.29, 1.82) is 0 Å². The Balaban J connectivity index is 1.97. The van der Waals surface area contributed by atoms with Gasteiger partial charge in [-0.15, -0.1) is 0 Å². The molecule has 1 aromatic heterocycles. The van der Waals surface area contributed by atoms with Crippen LogP contribution in [0.1, 0.15) is 11.1 Å². The molecule has 2 amide bonds. The van der Waals surface area contributed by atoms with Crippen LogP contribution in [0.4, 0.5) is 23.7 Å². The average molecular weight is 375 g/mol. The fourth-order valence-electron chi connectivity index (χ4n) is 2.75. The summed E-state index contributed by atoms with van der Waals surface area (Å²) < 4.78 is 43.2. The number of hydrogen-bond donors (Lipinski definition) is 1. The molecular formula is C19H16F3N3O2. The number of rotatable bonds is 4. The molecule has 0 aliphatic carbocycles. The molecular weight excluding hydrogens is 359 g/mol. The number of ether oxygens (including phenoxy) is 1. The maximum atomic E-state index is 12.7. The Kier molecular flexibility index (Phi) is 4.89. The lowest BCUT2D eigenvalue weighted by Gasteiger charge is -2.22. The third-order valence-electron chi connectivity index (χ3n) is 4.10. The predicted octanol–water partition coefficient (Wildman–Crippen LogP) is 4.35. The lowest BCUT2D eigenvalue weighted by atomic mass is 10.1. The quantitative estimate of drug-likeness (QED) is 0.737. The van der Waals surface area contributed by atoms with Gasteiger partial charge in [-0.05, 0) is 29.1 Å². The van der Waals surface area contributed by atoms with E-state index in [9.17, 15) is 18.0 Å². The summed E-state index contributed by atoms with van der Waals surface area (Å²) in [5.74, 6) is 0.424. The molecule has 0 aliphatic heterocycles. The van der Waals surface area contributed by atoms with Crippen molar-refractivity contribution in [3.05, 3.63) is 65.9 Å². The van der Waals surface area contributed by atoms with Gasteiger partial charge in [0, 0.05) is 17.6 Å². The largest absolute Gasteiger partial charge is 0.481 e. The first-order valence-electron chi connectivity index (χ1n) is 7.95. The summed E-state index contributed by atoms with van der Waals surface area (Å²) in [4.78, 5) is 17.5. The van der Waals surface area contributed by atoms with Crippen molar-refractivity contribution in [3.63, 3.8) is 0 Å². The van der Waals surface area contributed by atoms with Gasteiger partial charge in [0.2, 0.25) is 5.88 Å². The molecule has 0 bridgehead atoms. The number of amides is 2. The van der Waals surface area contributed by atoms with Crippen LogP contribution in [0.15, 0.2) is 54.7 Å². The third-order valence-corrected chi connectivity index (χ3v) is 4.10. The molecule has 2 aromatic carbocycles. The minimum atomic E-state index is -4.41. The number of aromatic nitrogens is 1. The lowest BCUT2D eigenvalue weighted by Crippen LogP contribution is -2.35. The lowest BCUT2D eigenvalue weighted by molar-refractivity contribution is -0.137. The summed E-state index contributed by atoms with van der Waals surface area (Å²) in [6.45, 7) is 0.0264. The Morgan fingerprint density at radius 2 is 1.89 bits per heavy atom. The fraction of sp³-hybridized carbons (Fsp3) is 0.158. The number of nitrogens with two attached hydrogens (primary N) is 1. The van der Waals surface area contributed by atoms with Crippen LogP contribution in [0.2, 0.25) is 0 Å². The topological polar surface area (TPSA) is 68.5 Å². The second kappa shape index (κ2) is 7.14. The van der Waals surface area contributed by atoms with E-state index >= 15 is 0 Å². The zero-order chi connectivity index (χ0) is 19.6. The second-order valence-corrected chi connectivity index (χ2v) is 5.84.